The average Bonchev–Trinajstić information content (AvgIpc) is 3.14. The summed E-state index contributed by atoms with van der Waals surface area (Å²) >= 11 is 0.874. The highest BCUT2D eigenvalue weighted by Crippen LogP contribution is 2.27. The van der Waals surface area contributed by atoms with E-state index in [1.165, 1.54) is 15.8 Å². The van der Waals surface area contributed by atoms with Crippen molar-refractivity contribution in [2.45, 2.75) is 23.8 Å². The lowest BCUT2D eigenvalue weighted by atomic mass is 10.3. The Bertz CT molecular complexity index is 667. The van der Waals surface area contributed by atoms with Gasteiger partial charge < -0.3 is 10.4 Å². The summed E-state index contributed by atoms with van der Waals surface area (Å²) in [6.45, 7) is -0.496. The van der Waals surface area contributed by atoms with Gasteiger partial charge in [-0.1, -0.05) is 0 Å². The Labute approximate surface area is 130 Å². The van der Waals surface area contributed by atoms with Gasteiger partial charge in [0.2, 0.25) is 10.0 Å². The van der Waals surface area contributed by atoms with E-state index in [0.29, 0.717) is 13.1 Å². The predicted octanol–water partition coefficient (Wildman–Crippen LogP) is 0.685. The molecule has 1 aliphatic heterocycles. The first-order valence-electron chi connectivity index (χ1n) is 6.55. The zero-order valence-corrected chi connectivity index (χ0v) is 13.1. The van der Waals surface area contributed by atoms with Gasteiger partial charge in [-0.3, -0.25) is 4.79 Å². The summed E-state index contributed by atoms with van der Waals surface area (Å²) in [6.07, 6.45) is 1.52. The van der Waals surface area contributed by atoms with E-state index in [4.69, 9.17) is 5.11 Å². The first kappa shape index (κ1) is 16.8. The van der Waals surface area contributed by atoms with Crippen LogP contribution in [0.5, 0.6) is 0 Å². The van der Waals surface area contributed by atoms with Crippen molar-refractivity contribution >= 4 is 33.2 Å². The number of sulfonamides is 1. The monoisotopic (exact) mass is 350 g/mol. The van der Waals surface area contributed by atoms with E-state index in [2.05, 4.69) is 0 Å². The number of nitrogens with zero attached hydrogens (tertiary/aromatic N) is 1. The molecular formula is C12H15FN2O5S2. The van der Waals surface area contributed by atoms with Crippen molar-refractivity contribution in [1.82, 2.24) is 9.62 Å². The number of hydrogen-bond acceptors (Lipinski definition) is 5. The van der Waals surface area contributed by atoms with E-state index in [-0.39, 0.29) is 9.77 Å². The second-order valence-corrected chi connectivity index (χ2v) is 7.57. The van der Waals surface area contributed by atoms with Crippen molar-refractivity contribution in [2.75, 3.05) is 19.8 Å². The predicted molar refractivity (Wildman–Crippen MR) is 77.2 cm³/mol. The summed E-state index contributed by atoms with van der Waals surface area (Å²) in [4.78, 5) is 22.5. The quantitative estimate of drug-likeness (QED) is 0.785. The number of halogens is 1. The molecule has 7 nitrogen and oxygen atoms in total. The Morgan fingerprint density at radius 3 is 2.59 bits per heavy atom. The highest BCUT2D eigenvalue weighted by molar-refractivity contribution is 7.89. The largest absolute Gasteiger partial charge is 0.480 e. The zero-order chi connectivity index (χ0) is 16.3. The van der Waals surface area contributed by atoms with Gasteiger partial charge >= 0.3 is 5.97 Å². The minimum Gasteiger partial charge on any atom is -0.480 e. The van der Waals surface area contributed by atoms with E-state index in [1.54, 1.807) is 0 Å². The molecule has 22 heavy (non-hydrogen) atoms. The molecule has 2 N–H and O–H groups in total. The number of aliphatic carboxylic acids is 1. The van der Waals surface area contributed by atoms with Crippen LogP contribution in [0, 0.1) is 0 Å². The van der Waals surface area contributed by atoms with Crippen LogP contribution in [0.25, 0.3) is 0 Å². The number of carbonyl (C=O) groups excluding carboxylic acids is 1. The highest BCUT2D eigenvalue weighted by Gasteiger charge is 2.32. The maximum atomic E-state index is 12.6. The summed E-state index contributed by atoms with van der Waals surface area (Å²) in [5.74, 6) is -2.42. The summed E-state index contributed by atoms with van der Waals surface area (Å²) in [5.41, 5.74) is 0. The molecule has 1 atom stereocenters. The molecule has 1 aromatic rings. The van der Waals surface area contributed by atoms with Gasteiger partial charge in [0, 0.05) is 13.1 Å². The fraction of sp³-hybridized carbons (Fsp3) is 0.500. The van der Waals surface area contributed by atoms with Crippen LogP contribution in [0.2, 0.25) is 0 Å². The molecule has 1 amide bonds. The Hall–Kier alpha value is -1.52. The van der Waals surface area contributed by atoms with Gasteiger partial charge in [-0.2, -0.15) is 4.31 Å². The Kier molecular flexibility index (Phi) is 5.14. The molecule has 10 heteroatoms. The molecule has 0 spiro atoms. The molecule has 1 aliphatic rings. The van der Waals surface area contributed by atoms with Gasteiger partial charge in [0.1, 0.15) is 16.4 Å². The first-order valence-corrected chi connectivity index (χ1v) is 8.87. The van der Waals surface area contributed by atoms with Gasteiger partial charge in [0.25, 0.3) is 5.91 Å². The summed E-state index contributed by atoms with van der Waals surface area (Å²) < 4.78 is 38.8. The van der Waals surface area contributed by atoms with Crippen LogP contribution in [0.15, 0.2) is 16.3 Å². The number of carboxylic acids is 1. The number of carbonyl (C=O) groups is 2. The fourth-order valence-corrected chi connectivity index (χ4v) is 4.94. The Morgan fingerprint density at radius 1 is 1.41 bits per heavy atom. The third-order valence-electron chi connectivity index (χ3n) is 3.28. The molecule has 1 unspecified atom stereocenters. The number of alkyl halides is 1. The molecule has 122 valence electrons. The molecule has 0 radical (unpaired) electrons. The van der Waals surface area contributed by atoms with Crippen LogP contribution in [-0.2, 0) is 14.8 Å². The third-order valence-corrected chi connectivity index (χ3v) is 6.26. The second kappa shape index (κ2) is 6.71. The standard InChI is InChI=1S/C12H15FN2O5S2/c13-7-8(12(17)18)14-11(16)10-9(3-6-21-10)22(19,20)15-4-1-2-5-15/h3,6,8H,1-2,4-5,7H2,(H,14,16)(H,17,18). The number of nitrogens with one attached hydrogen (secondary N) is 1. The molecular weight excluding hydrogens is 335 g/mol. The lowest BCUT2D eigenvalue weighted by Gasteiger charge is -2.16. The van der Waals surface area contributed by atoms with Crippen LogP contribution in [-0.4, -0.2) is 55.5 Å². The summed E-state index contributed by atoms with van der Waals surface area (Å²) in [7, 11) is -3.79. The van der Waals surface area contributed by atoms with Crippen molar-refractivity contribution in [2.24, 2.45) is 0 Å². The first-order chi connectivity index (χ1) is 10.4. The number of hydrogen-bond donors (Lipinski definition) is 2. The van der Waals surface area contributed by atoms with Gasteiger partial charge in [-0.05, 0) is 24.3 Å². The van der Waals surface area contributed by atoms with Crippen molar-refractivity contribution < 1.29 is 27.5 Å². The van der Waals surface area contributed by atoms with Crippen molar-refractivity contribution in [3.05, 3.63) is 16.3 Å². The van der Waals surface area contributed by atoms with Crippen molar-refractivity contribution in [1.29, 1.82) is 0 Å². The summed E-state index contributed by atoms with van der Waals surface area (Å²) in [6, 6.07) is -0.393. The van der Waals surface area contributed by atoms with Crippen molar-refractivity contribution in [3.8, 4) is 0 Å². The van der Waals surface area contributed by atoms with Gasteiger partial charge in [0.05, 0.1) is 0 Å². The van der Waals surface area contributed by atoms with E-state index >= 15 is 0 Å². The topological polar surface area (TPSA) is 104 Å². The summed E-state index contributed by atoms with van der Waals surface area (Å²) in [5, 5.41) is 12.2. The van der Waals surface area contributed by atoms with Gasteiger partial charge in [-0.15, -0.1) is 11.3 Å². The lowest BCUT2D eigenvalue weighted by molar-refractivity contribution is -0.139. The molecule has 0 bridgehead atoms. The van der Waals surface area contributed by atoms with E-state index in [0.717, 1.165) is 24.2 Å². The molecule has 1 fully saturated rings. The van der Waals surface area contributed by atoms with Crippen LogP contribution in [0.1, 0.15) is 22.5 Å². The van der Waals surface area contributed by atoms with Gasteiger partial charge in [-0.25, -0.2) is 17.6 Å². The van der Waals surface area contributed by atoms with Gasteiger partial charge in [0.15, 0.2) is 6.04 Å². The van der Waals surface area contributed by atoms with Crippen molar-refractivity contribution in [3.63, 3.8) is 0 Å². The zero-order valence-electron chi connectivity index (χ0n) is 11.5. The second-order valence-electron chi connectivity index (χ2n) is 4.74. The molecule has 0 aliphatic carbocycles. The molecule has 1 saturated heterocycles. The number of thiophene rings is 1. The van der Waals surface area contributed by atoms with E-state index in [1.807, 2.05) is 5.32 Å². The minimum atomic E-state index is -3.79. The highest BCUT2D eigenvalue weighted by atomic mass is 32.2. The van der Waals surface area contributed by atoms with E-state index < -0.39 is 34.6 Å². The Balaban J connectivity index is 2.25. The van der Waals surface area contributed by atoms with Crippen LogP contribution >= 0.6 is 11.3 Å². The molecule has 1 aromatic heterocycles. The van der Waals surface area contributed by atoms with Crippen LogP contribution < -0.4 is 5.32 Å². The minimum absolute atomic E-state index is 0.133. The average molecular weight is 350 g/mol. The molecule has 2 heterocycles. The Morgan fingerprint density at radius 2 is 2.05 bits per heavy atom. The fourth-order valence-electron chi connectivity index (χ4n) is 2.12. The number of amides is 1. The molecule has 2 rings (SSSR count). The lowest BCUT2D eigenvalue weighted by Crippen LogP contribution is -2.42. The normalized spacial score (nSPS) is 17.3. The maximum absolute atomic E-state index is 12.6. The third kappa shape index (κ3) is 3.28. The van der Waals surface area contributed by atoms with Crippen LogP contribution in [0.3, 0.4) is 0 Å². The number of carboxylic acid groups (broad SMARTS) is 1. The maximum Gasteiger partial charge on any atom is 0.328 e. The SMILES string of the molecule is O=C(NC(CF)C(=O)O)c1sccc1S(=O)(=O)N1CCCC1. The molecule has 0 aromatic carbocycles. The molecule has 0 saturated carbocycles. The van der Waals surface area contributed by atoms with E-state index in [9.17, 15) is 22.4 Å². The smallest absolute Gasteiger partial charge is 0.328 e. The number of rotatable bonds is 6. The van der Waals surface area contributed by atoms with Crippen LogP contribution in [0.4, 0.5) is 4.39 Å².